The van der Waals surface area contributed by atoms with E-state index in [4.69, 9.17) is 0 Å². The van der Waals surface area contributed by atoms with E-state index in [1.807, 2.05) is 18.3 Å². The van der Waals surface area contributed by atoms with E-state index in [1.165, 1.54) is 11.1 Å². The van der Waals surface area contributed by atoms with Crippen molar-refractivity contribution in [3.63, 3.8) is 0 Å². The molecule has 0 aliphatic heterocycles. The summed E-state index contributed by atoms with van der Waals surface area (Å²) < 4.78 is 0. The highest BCUT2D eigenvalue weighted by atomic mass is 15.1. The summed E-state index contributed by atoms with van der Waals surface area (Å²) in [5.41, 5.74) is 2.39. The Balaban J connectivity index is 1.98. The number of hydrogen-bond donors (Lipinski definition) is 2. The van der Waals surface area contributed by atoms with Gasteiger partial charge in [-0.1, -0.05) is 6.92 Å². The van der Waals surface area contributed by atoms with Crippen molar-refractivity contribution < 1.29 is 0 Å². The summed E-state index contributed by atoms with van der Waals surface area (Å²) in [5.74, 6) is 1.48. The van der Waals surface area contributed by atoms with Crippen LogP contribution in [0.25, 0.3) is 0 Å². The van der Waals surface area contributed by atoms with Crippen LogP contribution < -0.4 is 10.6 Å². The van der Waals surface area contributed by atoms with Crippen LogP contribution in [0.1, 0.15) is 24.5 Å². The Kier molecular flexibility index (Phi) is 4.66. The van der Waals surface area contributed by atoms with Gasteiger partial charge in [-0.15, -0.1) is 0 Å². The number of nitrogens with zero attached hydrogens (tertiary/aromatic N) is 3. The predicted molar refractivity (Wildman–Crippen MR) is 77.1 cm³/mol. The molecule has 2 rings (SSSR count). The van der Waals surface area contributed by atoms with Gasteiger partial charge >= 0.3 is 0 Å². The fraction of sp³-hybridized carbons (Fsp3) is 0.357. The zero-order chi connectivity index (χ0) is 13.5. The van der Waals surface area contributed by atoms with Gasteiger partial charge in [0.15, 0.2) is 0 Å². The van der Waals surface area contributed by atoms with Crippen molar-refractivity contribution in [2.24, 2.45) is 0 Å². The highest BCUT2D eigenvalue weighted by molar-refractivity contribution is 5.40. The number of aromatic nitrogens is 3. The highest BCUT2D eigenvalue weighted by Crippen LogP contribution is 2.10. The molecule has 0 aromatic carbocycles. The molecule has 2 heterocycles. The van der Waals surface area contributed by atoms with E-state index in [1.54, 1.807) is 12.4 Å². The number of aryl methyl sites for hydroxylation is 1. The first kappa shape index (κ1) is 13.3. The first-order chi connectivity index (χ1) is 9.29. The summed E-state index contributed by atoms with van der Waals surface area (Å²) >= 11 is 0. The first-order valence-electron chi connectivity index (χ1n) is 6.50. The van der Waals surface area contributed by atoms with E-state index in [2.05, 4.69) is 39.4 Å². The lowest BCUT2D eigenvalue weighted by Gasteiger charge is -2.09. The Labute approximate surface area is 113 Å². The molecular weight excluding hydrogens is 238 g/mol. The van der Waals surface area contributed by atoms with Crippen LogP contribution in [0, 0.1) is 6.92 Å². The summed E-state index contributed by atoms with van der Waals surface area (Å²) in [6.45, 7) is 5.78. The third-order valence-electron chi connectivity index (χ3n) is 2.80. The highest BCUT2D eigenvalue weighted by Gasteiger charge is 2.00. The molecule has 0 atom stereocenters. The molecule has 2 N–H and O–H groups in total. The minimum atomic E-state index is 0.662. The molecule has 19 heavy (non-hydrogen) atoms. The van der Waals surface area contributed by atoms with Crippen LogP contribution in [0.3, 0.4) is 0 Å². The molecule has 5 nitrogen and oxygen atoms in total. The van der Waals surface area contributed by atoms with Gasteiger partial charge in [0, 0.05) is 31.7 Å². The van der Waals surface area contributed by atoms with Gasteiger partial charge in [-0.05, 0) is 36.6 Å². The Morgan fingerprint density at radius 1 is 1.16 bits per heavy atom. The maximum Gasteiger partial charge on any atom is 0.224 e. The van der Waals surface area contributed by atoms with Gasteiger partial charge in [-0.25, -0.2) is 4.98 Å². The third-order valence-corrected chi connectivity index (χ3v) is 2.80. The second-order valence-electron chi connectivity index (χ2n) is 4.35. The van der Waals surface area contributed by atoms with Gasteiger partial charge < -0.3 is 10.6 Å². The van der Waals surface area contributed by atoms with Crippen LogP contribution in [-0.2, 0) is 6.54 Å². The average Bonchev–Trinajstić information content (AvgIpc) is 2.45. The van der Waals surface area contributed by atoms with Crippen LogP contribution >= 0.6 is 0 Å². The summed E-state index contributed by atoms with van der Waals surface area (Å²) in [6, 6.07) is 3.87. The van der Waals surface area contributed by atoms with Crippen molar-refractivity contribution in [3.05, 3.63) is 41.9 Å². The van der Waals surface area contributed by atoms with Crippen molar-refractivity contribution in [3.8, 4) is 0 Å². The minimum absolute atomic E-state index is 0.662. The van der Waals surface area contributed by atoms with Gasteiger partial charge in [-0.3, -0.25) is 4.98 Å². The molecule has 100 valence electrons. The predicted octanol–water partition coefficient (Wildman–Crippen LogP) is 2.61. The summed E-state index contributed by atoms with van der Waals surface area (Å²) in [5, 5.41) is 6.46. The molecule has 0 fully saturated rings. The first-order valence-corrected chi connectivity index (χ1v) is 6.50. The minimum Gasteiger partial charge on any atom is -0.366 e. The van der Waals surface area contributed by atoms with Crippen molar-refractivity contribution >= 4 is 11.8 Å². The van der Waals surface area contributed by atoms with Crippen molar-refractivity contribution in [1.82, 2.24) is 15.0 Å². The number of anilines is 2. The Morgan fingerprint density at radius 3 is 2.84 bits per heavy atom. The second-order valence-corrected chi connectivity index (χ2v) is 4.35. The molecule has 0 aliphatic rings. The molecule has 0 aliphatic carbocycles. The Hall–Kier alpha value is -2.17. The number of rotatable bonds is 6. The van der Waals surface area contributed by atoms with Crippen LogP contribution in [0.4, 0.5) is 11.8 Å². The van der Waals surface area contributed by atoms with Crippen molar-refractivity contribution in [2.45, 2.75) is 26.8 Å². The fourth-order valence-corrected chi connectivity index (χ4v) is 1.65. The topological polar surface area (TPSA) is 62.7 Å². The van der Waals surface area contributed by atoms with Gasteiger partial charge in [0.05, 0.1) is 0 Å². The Bertz CT molecular complexity index is 527. The maximum atomic E-state index is 4.40. The van der Waals surface area contributed by atoms with Gasteiger partial charge in [-0.2, -0.15) is 4.98 Å². The normalized spacial score (nSPS) is 10.2. The van der Waals surface area contributed by atoms with Crippen LogP contribution in [-0.4, -0.2) is 21.5 Å². The zero-order valence-electron chi connectivity index (χ0n) is 11.3. The monoisotopic (exact) mass is 257 g/mol. The SMILES string of the molecule is CCCNc1nccc(NCc2cnccc2C)n1. The molecule has 0 bridgehead atoms. The lowest BCUT2D eigenvalue weighted by molar-refractivity contribution is 0.949. The molecular formula is C14H19N5. The summed E-state index contributed by atoms with van der Waals surface area (Å²) in [6.07, 6.45) is 6.48. The lowest BCUT2D eigenvalue weighted by Crippen LogP contribution is -2.07. The molecule has 0 amide bonds. The summed E-state index contributed by atoms with van der Waals surface area (Å²) in [7, 11) is 0. The van der Waals surface area contributed by atoms with E-state index in [9.17, 15) is 0 Å². The second kappa shape index (κ2) is 6.68. The van der Waals surface area contributed by atoms with Crippen molar-refractivity contribution in [1.29, 1.82) is 0 Å². The molecule has 0 spiro atoms. The van der Waals surface area contributed by atoms with Gasteiger partial charge in [0.2, 0.25) is 5.95 Å². The smallest absolute Gasteiger partial charge is 0.224 e. The molecule has 0 unspecified atom stereocenters. The molecule has 0 radical (unpaired) electrons. The van der Waals surface area contributed by atoms with E-state index < -0.39 is 0 Å². The largest absolute Gasteiger partial charge is 0.366 e. The molecule has 5 heteroatoms. The molecule has 2 aromatic rings. The third kappa shape index (κ3) is 3.91. The fourth-order valence-electron chi connectivity index (χ4n) is 1.65. The standard InChI is InChI=1S/C14H19N5/c1-3-6-16-14-17-8-5-13(19-14)18-10-12-9-15-7-4-11(12)2/h4-5,7-9H,3,6,10H2,1-2H3,(H2,16,17,18,19). The van der Waals surface area contributed by atoms with Crippen LogP contribution in [0.2, 0.25) is 0 Å². The molecule has 2 aromatic heterocycles. The van der Waals surface area contributed by atoms with E-state index >= 15 is 0 Å². The van der Waals surface area contributed by atoms with Crippen LogP contribution in [0.15, 0.2) is 30.7 Å². The lowest BCUT2D eigenvalue weighted by atomic mass is 10.1. The van der Waals surface area contributed by atoms with E-state index in [0.717, 1.165) is 18.8 Å². The van der Waals surface area contributed by atoms with Gasteiger partial charge in [0.1, 0.15) is 5.82 Å². The number of hydrogen-bond acceptors (Lipinski definition) is 5. The quantitative estimate of drug-likeness (QED) is 0.833. The van der Waals surface area contributed by atoms with Crippen molar-refractivity contribution in [2.75, 3.05) is 17.2 Å². The van der Waals surface area contributed by atoms with Crippen LogP contribution in [0.5, 0.6) is 0 Å². The molecule has 0 saturated carbocycles. The van der Waals surface area contributed by atoms with Gasteiger partial charge in [0.25, 0.3) is 0 Å². The number of nitrogens with one attached hydrogen (secondary N) is 2. The summed E-state index contributed by atoms with van der Waals surface area (Å²) in [4.78, 5) is 12.7. The van der Waals surface area contributed by atoms with E-state index in [0.29, 0.717) is 12.5 Å². The zero-order valence-corrected chi connectivity index (χ0v) is 11.3. The average molecular weight is 257 g/mol. The molecule has 0 saturated heterocycles. The Morgan fingerprint density at radius 2 is 2.05 bits per heavy atom. The van der Waals surface area contributed by atoms with E-state index in [-0.39, 0.29) is 0 Å². The number of pyridine rings is 1. The maximum absolute atomic E-state index is 4.40.